The number of hydrogen-bond acceptors (Lipinski definition) is 2. The van der Waals surface area contributed by atoms with Crippen LogP contribution in [0.25, 0.3) is 0 Å². The summed E-state index contributed by atoms with van der Waals surface area (Å²) in [6, 6.07) is 6.45. The van der Waals surface area contributed by atoms with Crippen LogP contribution in [0.5, 0.6) is 5.75 Å². The number of rotatable bonds is 5. The van der Waals surface area contributed by atoms with Crippen molar-refractivity contribution in [2.75, 3.05) is 13.8 Å². The molecule has 0 bridgehead atoms. The minimum absolute atomic E-state index is 0.536. The molecule has 0 saturated carbocycles. The normalized spacial score (nSPS) is 13.6. The van der Waals surface area contributed by atoms with E-state index < -0.39 is 18.9 Å². The van der Waals surface area contributed by atoms with Crippen molar-refractivity contribution in [3.05, 3.63) is 29.8 Å². The van der Waals surface area contributed by atoms with Crippen molar-refractivity contribution in [1.29, 1.82) is 0 Å². The highest BCUT2D eigenvalue weighted by molar-refractivity contribution is 5.28. The Hall–Kier alpha value is -1.23. The molecule has 0 amide bonds. The van der Waals surface area contributed by atoms with E-state index in [-0.39, 0.29) is 0 Å². The Balaban J connectivity index is 2.69. The van der Waals surface area contributed by atoms with Crippen molar-refractivity contribution in [2.45, 2.75) is 19.1 Å². The minimum atomic E-state index is -3.74. The molecule has 1 atom stereocenters. The molecule has 1 unspecified atom stereocenters. The number of hydrogen-bond donors (Lipinski definition) is 0. The van der Waals surface area contributed by atoms with Crippen LogP contribution < -0.4 is 4.74 Å². The zero-order valence-corrected chi connectivity index (χ0v) is 9.04. The summed E-state index contributed by atoms with van der Waals surface area (Å²) >= 11 is 0. The van der Waals surface area contributed by atoms with Crippen molar-refractivity contribution in [1.82, 2.24) is 0 Å². The lowest BCUT2D eigenvalue weighted by Gasteiger charge is -2.19. The molecule has 0 spiro atoms. The first-order valence-electron chi connectivity index (χ1n) is 4.74. The molecule has 0 fully saturated rings. The smallest absolute Gasteiger partial charge is 0.384 e. The van der Waals surface area contributed by atoms with E-state index >= 15 is 0 Å². The summed E-state index contributed by atoms with van der Waals surface area (Å²) in [5, 5.41) is 0. The quantitative estimate of drug-likeness (QED) is 0.777. The molecule has 0 saturated heterocycles. The lowest BCUT2D eigenvalue weighted by molar-refractivity contribution is -0.268. The number of benzene rings is 1. The van der Waals surface area contributed by atoms with Gasteiger partial charge in [0.2, 0.25) is 0 Å². The molecule has 1 aromatic carbocycles. The SMILES string of the molecule is COc1ccc(C(C)OC(F)(F)CF)cc1. The Morgan fingerprint density at radius 2 is 1.81 bits per heavy atom. The standard InChI is InChI=1S/C11H13F3O2/c1-8(16-11(13,14)7-12)9-3-5-10(15-2)6-4-9/h3-6,8H,7H2,1-2H3. The van der Waals surface area contributed by atoms with Gasteiger partial charge in [0.1, 0.15) is 5.75 Å². The second kappa shape index (κ2) is 5.21. The molecule has 5 heteroatoms. The number of halogens is 3. The van der Waals surface area contributed by atoms with Crippen LogP contribution in [0.15, 0.2) is 24.3 Å². The zero-order valence-electron chi connectivity index (χ0n) is 9.04. The van der Waals surface area contributed by atoms with Crippen LogP contribution in [0.4, 0.5) is 13.2 Å². The summed E-state index contributed by atoms with van der Waals surface area (Å²) in [5.74, 6) is 0.619. The second-order valence-corrected chi connectivity index (χ2v) is 3.30. The van der Waals surface area contributed by atoms with Crippen LogP contribution >= 0.6 is 0 Å². The maximum absolute atomic E-state index is 12.6. The molecule has 1 aromatic rings. The molecular formula is C11H13F3O2. The molecule has 0 radical (unpaired) electrons. The van der Waals surface area contributed by atoms with Gasteiger partial charge in [-0.05, 0) is 24.6 Å². The highest BCUT2D eigenvalue weighted by Crippen LogP contribution is 2.27. The molecule has 0 heterocycles. The summed E-state index contributed by atoms with van der Waals surface area (Å²) in [7, 11) is 1.51. The van der Waals surface area contributed by atoms with Gasteiger partial charge in [0.15, 0.2) is 6.67 Å². The van der Waals surface area contributed by atoms with Crippen molar-refractivity contribution in [3.63, 3.8) is 0 Å². The Kier molecular flexibility index (Phi) is 4.18. The van der Waals surface area contributed by atoms with E-state index in [4.69, 9.17) is 4.74 Å². The van der Waals surface area contributed by atoms with Gasteiger partial charge in [-0.3, -0.25) is 0 Å². The summed E-state index contributed by atoms with van der Waals surface area (Å²) in [4.78, 5) is 0. The van der Waals surface area contributed by atoms with Gasteiger partial charge in [-0.25, -0.2) is 4.39 Å². The van der Waals surface area contributed by atoms with Gasteiger partial charge in [-0.1, -0.05) is 12.1 Å². The third-order valence-electron chi connectivity index (χ3n) is 2.09. The Morgan fingerprint density at radius 1 is 1.25 bits per heavy atom. The van der Waals surface area contributed by atoms with Gasteiger partial charge in [-0.2, -0.15) is 8.78 Å². The largest absolute Gasteiger partial charge is 0.497 e. The molecular weight excluding hydrogens is 221 g/mol. The number of ether oxygens (including phenoxy) is 2. The Bertz CT molecular complexity index is 325. The van der Waals surface area contributed by atoms with E-state index in [9.17, 15) is 13.2 Å². The van der Waals surface area contributed by atoms with Crippen LogP contribution in [0.3, 0.4) is 0 Å². The first-order chi connectivity index (χ1) is 7.48. The summed E-state index contributed by atoms with van der Waals surface area (Å²) < 4.78 is 46.3. The van der Waals surface area contributed by atoms with E-state index in [1.165, 1.54) is 14.0 Å². The van der Waals surface area contributed by atoms with Gasteiger partial charge in [-0.15, -0.1) is 0 Å². The first-order valence-corrected chi connectivity index (χ1v) is 4.74. The van der Waals surface area contributed by atoms with Crippen LogP contribution in [-0.4, -0.2) is 19.9 Å². The minimum Gasteiger partial charge on any atom is -0.497 e. The van der Waals surface area contributed by atoms with E-state index in [1.54, 1.807) is 24.3 Å². The van der Waals surface area contributed by atoms with Crippen LogP contribution in [0.2, 0.25) is 0 Å². The monoisotopic (exact) mass is 234 g/mol. The maximum Gasteiger partial charge on any atom is 0.384 e. The van der Waals surface area contributed by atoms with Gasteiger partial charge in [0.05, 0.1) is 13.2 Å². The fraction of sp³-hybridized carbons (Fsp3) is 0.455. The van der Waals surface area contributed by atoms with Gasteiger partial charge < -0.3 is 9.47 Å². The maximum atomic E-state index is 12.6. The molecule has 0 aliphatic rings. The van der Waals surface area contributed by atoms with Gasteiger partial charge >= 0.3 is 6.11 Å². The lowest BCUT2D eigenvalue weighted by Crippen LogP contribution is -2.24. The van der Waals surface area contributed by atoms with E-state index in [0.717, 1.165) is 0 Å². The Labute approximate surface area is 92.0 Å². The van der Waals surface area contributed by atoms with Crippen LogP contribution in [0.1, 0.15) is 18.6 Å². The van der Waals surface area contributed by atoms with Crippen molar-refractivity contribution >= 4 is 0 Å². The Morgan fingerprint density at radius 3 is 2.25 bits per heavy atom. The summed E-state index contributed by atoms with van der Waals surface area (Å²) in [5.41, 5.74) is 0.536. The highest BCUT2D eigenvalue weighted by Gasteiger charge is 2.32. The number of alkyl halides is 3. The average Bonchev–Trinajstić information content (AvgIpc) is 2.28. The predicted octanol–water partition coefficient (Wildman–Crippen LogP) is 3.34. The summed E-state index contributed by atoms with van der Waals surface area (Å²) in [6.45, 7) is -0.390. The fourth-order valence-corrected chi connectivity index (χ4v) is 1.23. The molecule has 0 aliphatic carbocycles. The molecule has 2 nitrogen and oxygen atoms in total. The molecule has 0 N–H and O–H groups in total. The van der Waals surface area contributed by atoms with E-state index in [2.05, 4.69) is 4.74 Å². The van der Waals surface area contributed by atoms with Crippen molar-refractivity contribution < 1.29 is 22.6 Å². The van der Waals surface area contributed by atoms with Crippen LogP contribution in [0, 0.1) is 0 Å². The highest BCUT2D eigenvalue weighted by atomic mass is 19.3. The van der Waals surface area contributed by atoms with Gasteiger partial charge in [0.25, 0.3) is 0 Å². The van der Waals surface area contributed by atoms with E-state index in [0.29, 0.717) is 11.3 Å². The topological polar surface area (TPSA) is 18.5 Å². The average molecular weight is 234 g/mol. The van der Waals surface area contributed by atoms with Crippen molar-refractivity contribution in [3.8, 4) is 5.75 Å². The lowest BCUT2D eigenvalue weighted by atomic mass is 10.1. The molecule has 90 valence electrons. The van der Waals surface area contributed by atoms with E-state index in [1.807, 2.05) is 0 Å². The third-order valence-corrected chi connectivity index (χ3v) is 2.09. The third kappa shape index (κ3) is 3.41. The molecule has 0 aromatic heterocycles. The molecule has 16 heavy (non-hydrogen) atoms. The zero-order chi connectivity index (χ0) is 12.2. The predicted molar refractivity (Wildman–Crippen MR) is 53.4 cm³/mol. The first kappa shape index (κ1) is 12.8. The number of methoxy groups -OCH3 is 1. The van der Waals surface area contributed by atoms with Crippen LogP contribution in [-0.2, 0) is 4.74 Å². The van der Waals surface area contributed by atoms with Crippen molar-refractivity contribution in [2.24, 2.45) is 0 Å². The molecule has 1 rings (SSSR count). The second-order valence-electron chi connectivity index (χ2n) is 3.30. The summed E-state index contributed by atoms with van der Waals surface area (Å²) in [6.07, 6.45) is -4.61. The fourth-order valence-electron chi connectivity index (χ4n) is 1.23. The van der Waals surface area contributed by atoms with Gasteiger partial charge in [0, 0.05) is 0 Å². The molecule has 0 aliphatic heterocycles.